The predicted molar refractivity (Wildman–Crippen MR) is 91.1 cm³/mol. The van der Waals surface area contributed by atoms with Crippen molar-refractivity contribution in [2.24, 2.45) is 5.73 Å². The fourth-order valence-electron chi connectivity index (χ4n) is 2.98. The molecule has 3 amide bonds. The SMILES string of the molecule is Cc1cc(NC(=O)C2(N)CCOC2)ccc1C(=O)N1CCNC(=O)C1. The molecule has 0 bridgehead atoms. The van der Waals surface area contributed by atoms with Crippen LogP contribution < -0.4 is 16.4 Å². The first-order chi connectivity index (χ1) is 11.9. The van der Waals surface area contributed by atoms with E-state index >= 15 is 0 Å². The van der Waals surface area contributed by atoms with Crippen molar-refractivity contribution in [1.29, 1.82) is 0 Å². The molecular formula is C17H22N4O4. The third-order valence-corrected chi connectivity index (χ3v) is 4.54. The zero-order chi connectivity index (χ0) is 18.0. The Bertz CT molecular complexity index is 713. The average Bonchev–Trinajstić information content (AvgIpc) is 3.02. The van der Waals surface area contributed by atoms with Gasteiger partial charge in [0.2, 0.25) is 11.8 Å². The highest BCUT2D eigenvalue weighted by atomic mass is 16.5. The Morgan fingerprint density at radius 3 is 2.84 bits per heavy atom. The number of nitrogens with two attached hydrogens (primary N) is 1. The Hall–Kier alpha value is -2.45. The van der Waals surface area contributed by atoms with Gasteiger partial charge in [-0.05, 0) is 37.1 Å². The summed E-state index contributed by atoms with van der Waals surface area (Å²) in [6, 6.07) is 5.06. The van der Waals surface area contributed by atoms with E-state index in [-0.39, 0.29) is 30.9 Å². The molecule has 0 spiro atoms. The van der Waals surface area contributed by atoms with Gasteiger partial charge >= 0.3 is 0 Å². The Labute approximate surface area is 145 Å². The van der Waals surface area contributed by atoms with Crippen LogP contribution in [0.4, 0.5) is 5.69 Å². The summed E-state index contributed by atoms with van der Waals surface area (Å²) in [4.78, 5) is 37.9. The second-order valence-corrected chi connectivity index (χ2v) is 6.52. The summed E-state index contributed by atoms with van der Waals surface area (Å²) in [7, 11) is 0. The molecule has 4 N–H and O–H groups in total. The van der Waals surface area contributed by atoms with Crippen molar-refractivity contribution in [3.63, 3.8) is 0 Å². The van der Waals surface area contributed by atoms with Crippen LogP contribution in [0.1, 0.15) is 22.3 Å². The number of ether oxygens (including phenoxy) is 1. The summed E-state index contributed by atoms with van der Waals surface area (Å²) in [6.45, 7) is 3.47. The van der Waals surface area contributed by atoms with Crippen LogP contribution in [0.25, 0.3) is 0 Å². The van der Waals surface area contributed by atoms with E-state index in [0.29, 0.717) is 37.4 Å². The number of hydrogen-bond acceptors (Lipinski definition) is 5. The van der Waals surface area contributed by atoms with Crippen molar-refractivity contribution in [3.05, 3.63) is 29.3 Å². The molecule has 0 aliphatic carbocycles. The standard InChI is InChI=1S/C17H22N4O4/c1-11-8-12(20-16(24)17(18)4-7-25-10-17)2-3-13(11)15(23)21-6-5-19-14(22)9-21/h2-3,8H,4-7,9-10,18H2,1H3,(H,19,22)(H,20,24). The molecule has 2 heterocycles. The lowest BCUT2D eigenvalue weighted by Gasteiger charge is -2.27. The molecule has 8 nitrogen and oxygen atoms in total. The van der Waals surface area contributed by atoms with Crippen LogP contribution >= 0.6 is 0 Å². The van der Waals surface area contributed by atoms with Crippen molar-refractivity contribution in [2.45, 2.75) is 18.9 Å². The first-order valence-corrected chi connectivity index (χ1v) is 8.24. The van der Waals surface area contributed by atoms with E-state index in [1.807, 2.05) is 0 Å². The molecule has 2 aliphatic heterocycles. The van der Waals surface area contributed by atoms with Crippen LogP contribution in [-0.2, 0) is 14.3 Å². The molecule has 1 aromatic rings. The average molecular weight is 346 g/mol. The van der Waals surface area contributed by atoms with Crippen LogP contribution in [0.3, 0.4) is 0 Å². The molecule has 1 atom stereocenters. The summed E-state index contributed by atoms with van der Waals surface area (Å²) in [5.74, 6) is -0.644. The van der Waals surface area contributed by atoms with Crippen LogP contribution in [0.5, 0.6) is 0 Å². The lowest BCUT2D eigenvalue weighted by molar-refractivity contribution is -0.123. The fraction of sp³-hybridized carbons (Fsp3) is 0.471. The number of carbonyl (C=O) groups excluding carboxylic acids is 3. The fourth-order valence-corrected chi connectivity index (χ4v) is 2.98. The minimum absolute atomic E-state index is 0.0620. The third kappa shape index (κ3) is 3.64. The number of hydrogen-bond donors (Lipinski definition) is 3. The minimum Gasteiger partial charge on any atom is -0.379 e. The van der Waals surface area contributed by atoms with Gasteiger partial charge in [-0.1, -0.05) is 0 Å². The minimum atomic E-state index is -1.01. The number of piperazine rings is 1. The molecule has 2 saturated heterocycles. The van der Waals surface area contributed by atoms with Crippen molar-refractivity contribution in [3.8, 4) is 0 Å². The maximum atomic E-state index is 12.6. The molecule has 2 fully saturated rings. The second kappa shape index (κ2) is 6.81. The summed E-state index contributed by atoms with van der Waals surface area (Å²) >= 11 is 0. The maximum absolute atomic E-state index is 12.6. The van der Waals surface area contributed by atoms with E-state index in [0.717, 1.165) is 5.56 Å². The Morgan fingerprint density at radius 1 is 1.40 bits per heavy atom. The quantitative estimate of drug-likeness (QED) is 0.691. The van der Waals surface area contributed by atoms with Gasteiger partial charge < -0.3 is 26.0 Å². The van der Waals surface area contributed by atoms with Crippen molar-refractivity contribution < 1.29 is 19.1 Å². The van der Waals surface area contributed by atoms with E-state index < -0.39 is 5.54 Å². The molecule has 0 aromatic heterocycles. The predicted octanol–water partition coefficient (Wildman–Crippen LogP) is -0.377. The monoisotopic (exact) mass is 346 g/mol. The molecule has 8 heteroatoms. The van der Waals surface area contributed by atoms with Gasteiger partial charge in [0.25, 0.3) is 5.91 Å². The second-order valence-electron chi connectivity index (χ2n) is 6.52. The van der Waals surface area contributed by atoms with Crippen LogP contribution in [0, 0.1) is 6.92 Å². The van der Waals surface area contributed by atoms with E-state index in [2.05, 4.69) is 10.6 Å². The van der Waals surface area contributed by atoms with Gasteiger partial charge in [-0.15, -0.1) is 0 Å². The number of benzene rings is 1. The lowest BCUT2D eigenvalue weighted by atomic mass is 9.99. The van der Waals surface area contributed by atoms with E-state index in [4.69, 9.17) is 10.5 Å². The molecule has 0 saturated carbocycles. The van der Waals surface area contributed by atoms with Gasteiger partial charge in [0.1, 0.15) is 5.54 Å². The van der Waals surface area contributed by atoms with Crippen molar-refractivity contribution in [2.75, 3.05) is 38.2 Å². The highest BCUT2D eigenvalue weighted by molar-refractivity contribution is 6.01. The zero-order valence-corrected chi connectivity index (χ0v) is 14.1. The summed E-state index contributed by atoms with van der Waals surface area (Å²) in [5, 5.41) is 5.48. The van der Waals surface area contributed by atoms with Gasteiger partial charge in [0.15, 0.2) is 0 Å². The Morgan fingerprint density at radius 2 is 2.20 bits per heavy atom. The highest BCUT2D eigenvalue weighted by Gasteiger charge is 2.38. The van der Waals surface area contributed by atoms with Crippen molar-refractivity contribution in [1.82, 2.24) is 10.2 Å². The van der Waals surface area contributed by atoms with Gasteiger partial charge in [-0.3, -0.25) is 14.4 Å². The number of anilines is 1. The van der Waals surface area contributed by atoms with Gasteiger partial charge in [0.05, 0.1) is 13.2 Å². The van der Waals surface area contributed by atoms with Crippen LogP contribution in [0.15, 0.2) is 18.2 Å². The van der Waals surface area contributed by atoms with Crippen LogP contribution in [0.2, 0.25) is 0 Å². The van der Waals surface area contributed by atoms with Crippen LogP contribution in [-0.4, -0.2) is 61.0 Å². The number of aryl methyl sites for hydroxylation is 1. The molecule has 25 heavy (non-hydrogen) atoms. The first kappa shape index (κ1) is 17.4. The number of carbonyl (C=O) groups is 3. The smallest absolute Gasteiger partial charge is 0.254 e. The van der Waals surface area contributed by atoms with Gasteiger partial charge in [-0.25, -0.2) is 0 Å². The molecule has 1 aromatic carbocycles. The van der Waals surface area contributed by atoms with E-state index in [9.17, 15) is 14.4 Å². The maximum Gasteiger partial charge on any atom is 0.254 e. The number of nitrogens with one attached hydrogen (secondary N) is 2. The zero-order valence-electron chi connectivity index (χ0n) is 14.1. The van der Waals surface area contributed by atoms with Crippen molar-refractivity contribution >= 4 is 23.4 Å². The first-order valence-electron chi connectivity index (χ1n) is 8.24. The number of rotatable bonds is 3. The molecule has 3 rings (SSSR count). The molecule has 134 valence electrons. The summed E-state index contributed by atoms with van der Waals surface area (Å²) in [5.41, 5.74) is 6.85. The molecule has 1 unspecified atom stereocenters. The third-order valence-electron chi connectivity index (χ3n) is 4.54. The Kier molecular flexibility index (Phi) is 4.73. The largest absolute Gasteiger partial charge is 0.379 e. The summed E-state index contributed by atoms with van der Waals surface area (Å²) < 4.78 is 5.20. The molecule has 2 aliphatic rings. The number of nitrogens with zero attached hydrogens (tertiary/aromatic N) is 1. The Balaban J connectivity index is 1.71. The molecule has 0 radical (unpaired) electrons. The number of amides is 3. The summed E-state index contributed by atoms with van der Waals surface area (Å²) in [6.07, 6.45) is 0.478. The molecular weight excluding hydrogens is 324 g/mol. The topological polar surface area (TPSA) is 114 Å². The van der Waals surface area contributed by atoms with E-state index in [1.54, 1.807) is 25.1 Å². The highest BCUT2D eigenvalue weighted by Crippen LogP contribution is 2.21. The van der Waals surface area contributed by atoms with E-state index in [1.165, 1.54) is 4.90 Å². The van der Waals surface area contributed by atoms with Gasteiger partial charge in [-0.2, -0.15) is 0 Å². The normalized spacial score (nSPS) is 23.3. The van der Waals surface area contributed by atoms with Gasteiger partial charge in [0, 0.05) is 30.9 Å². The lowest BCUT2D eigenvalue weighted by Crippen LogP contribution is -2.51.